The molecular formula is C17H12FNO7S. The number of rotatable bonds is 6. The minimum atomic E-state index is -0.978. The summed E-state index contributed by atoms with van der Waals surface area (Å²) in [6.07, 6.45) is 0. The standard InChI is InChI=1S/C17H12FNO7S/c1-2-24-17(21)15-9(14-10(18)4-3-5-12(14)27-15)8-25-16(20)11-6-7-13(26-11)19(22)23/h3-7H,2,8H2,1H3. The lowest BCUT2D eigenvalue weighted by atomic mass is 10.1. The lowest BCUT2D eigenvalue weighted by molar-refractivity contribution is -0.402. The van der Waals surface area contributed by atoms with Crippen molar-refractivity contribution in [2.75, 3.05) is 6.61 Å². The van der Waals surface area contributed by atoms with Crippen LogP contribution < -0.4 is 0 Å². The maximum Gasteiger partial charge on any atom is 0.433 e. The molecule has 1 aromatic carbocycles. The molecule has 0 amide bonds. The van der Waals surface area contributed by atoms with Gasteiger partial charge in [-0.3, -0.25) is 10.1 Å². The van der Waals surface area contributed by atoms with Crippen LogP contribution in [0.4, 0.5) is 10.3 Å². The van der Waals surface area contributed by atoms with Crippen molar-refractivity contribution < 1.29 is 32.8 Å². The zero-order valence-corrected chi connectivity index (χ0v) is 14.7. The predicted octanol–water partition coefficient (Wildman–Crippen LogP) is 4.08. The molecule has 3 rings (SSSR count). The van der Waals surface area contributed by atoms with Crippen LogP contribution in [0.25, 0.3) is 10.1 Å². The summed E-state index contributed by atoms with van der Waals surface area (Å²) in [5, 5.41) is 10.8. The SMILES string of the molecule is CCOC(=O)c1sc2cccc(F)c2c1COC(=O)c1ccc([N+](=O)[O-])o1. The molecule has 0 radical (unpaired) electrons. The second-order valence-corrected chi connectivity index (χ2v) is 6.27. The number of carbonyl (C=O) groups excluding carboxylic acids is 2. The van der Waals surface area contributed by atoms with Gasteiger partial charge in [0, 0.05) is 15.6 Å². The van der Waals surface area contributed by atoms with E-state index < -0.39 is 35.2 Å². The van der Waals surface area contributed by atoms with E-state index in [0.29, 0.717) is 4.70 Å². The first kappa shape index (κ1) is 18.5. The summed E-state index contributed by atoms with van der Waals surface area (Å²) in [6.45, 7) is 1.34. The van der Waals surface area contributed by atoms with E-state index in [9.17, 15) is 24.1 Å². The molecule has 0 aliphatic heterocycles. The molecule has 3 aromatic rings. The predicted molar refractivity (Wildman–Crippen MR) is 92.2 cm³/mol. The first-order valence-corrected chi connectivity index (χ1v) is 8.52. The van der Waals surface area contributed by atoms with E-state index in [1.54, 1.807) is 13.0 Å². The molecule has 0 saturated heterocycles. The summed E-state index contributed by atoms with van der Waals surface area (Å²) < 4.78 is 29.6. The van der Waals surface area contributed by atoms with E-state index in [-0.39, 0.29) is 28.2 Å². The fourth-order valence-electron chi connectivity index (χ4n) is 2.41. The van der Waals surface area contributed by atoms with Crippen molar-refractivity contribution in [1.29, 1.82) is 0 Å². The fraction of sp³-hybridized carbons (Fsp3) is 0.176. The molecule has 0 bridgehead atoms. The number of thiophene rings is 1. The zero-order valence-electron chi connectivity index (χ0n) is 13.9. The summed E-state index contributed by atoms with van der Waals surface area (Å²) in [5.74, 6) is -3.19. The minimum Gasteiger partial charge on any atom is -0.462 e. The van der Waals surface area contributed by atoms with Gasteiger partial charge in [0.25, 0.3) is 0 Å². The van der Waals surface area contributed by atoms with Crippen LogP contribution >= 0.6 is 11.3 Å². The number of fused-ring (bicyclic) bond motifs is 1. The van der Waals surface area contributed by atoms with Crippen LogP contribution in [0.2, 0.25) is 0 Å². The van der Waals surface area contributed by atoms with Crippen LogP contribution in [0.15, 0.2) is 34.7 Å². The van der Waals surface area contributed by atoms with Gasteiger partial charge in [0.2, 0.25) is 5.76 Å². The minimum absolute atomic E-state index is 0.121. The van der Waals surface area contributed by atoms with Gasteiger partial charge in [-0.2, -0.15) is 0 Å². The maximum absolute atomic E-state index is 14.3. The Labute approximate surface area is 155 Å². The molecule has 8 nitrogen and oxygen atoms in total. The highest BCUT2D eigenvalue weighted by atomic mass is 32.1. The summed E-state index contributed by atoms with van der Waals surface area (Å²) in [7, 11) is 0. The molecule has 2 heterocycles. The Balaban J connectivity index is 1.90. The van der Waals surface area contributed by atoms with Crippen molar-refractivity contribution in [3.8, 4) is 0 Å². The molecule has 27 heavy (non-hydrogen) atoms. The number of hydrogen-bond acceptors (Lipinski definition) is 8. The molecule has 0 atom stereocenters. The number of furan rings is 1. The van der Waals surface area contributed by atoms with Gasteiger partial charge in [-0.25, -0.2) is 14.0 Å². The van der Waals surface area contributed by atoms with Crippen LogP contribution in [0.3, 0.4) is 0 Å². The summed E-state index contributed by atoms with van der Waals surface area (Å²) >= 11 is 1.02. The van der Waals surface area contributed by atoms with E-state index in [0.717, 1.165) is 23.5 Å². The number of hydrogen-bond donors (Lipinski definition) is 0. The third kappa shape index (κ3) is 3.65. The lowest BCUT2D eigenvalue weighted by Gasteiger charge is -2.06. The third-order valence-corrected chi connectivity index (χ3v) is 4.72. The van der Waals surface area contributed by atoms with Crippen molar-refractivity contribution in [1.82, 2.24) is 0 Å². The van der Waals surface area contributed by atoms with Crippen molar-refractivity contribution in [3.63, 3.8) is 0 Å². The molecule has 0 spiro atoms. The highest BCUT2D eigenvalue weighted by Crippen LogP contribution is 2.34. The maximum atomic E-state index is 14.3. The Morgan fingerprint density at radius 2 is 2.00 bits per heavy atom. The van der Waals surface area contributed by atoms with Crippen LogP contribution in [0.5, 0.6) is 0 Å². The summed E-state index contributed by atoms with van der Waals surface area (Å²) in [4.78, 5) is 34.2. The van der Waals surface area contributed by atoms with Gasteiger partial charge < -0.3 is 13.9 Å². The monoisotopic (exact) mass is 393 g/mol. The van der Waals surface area contributed by atoms with Crippen LogP contribution in [-0.4, -0.2) is 23.5 Å². The quantitative estimate of drug-likeness (QED) is 0.353. The molecular weight excluding hydrogens is 381 g/mol. The topological polar surface area (TPSA) is 109 Å². The van der Waals surface area contributed by atoms with Crippen molar-refractivity contribution in [2.45, 2.75) is 13.5 Å². The number of carbonyl (C=O) groups is 2. The van der Waals surface area contributed by atoms with E-state index in [2.05, 4.69) is 0 Å². The van der Waals surface area contributed by atoms with Crippen molar-refractivity contribution >= 4 is 39.2 Å². The van der Waals surface area contributed by atoms with Crippen molar-refractivity contribution in [2.24, 2.45) is 0 Å². The third-order valence-electron chi connectivity index (χ3n) is 3.54. The zero-order chi connectivity index (χ0) is 19.6. The number of halogens is 1. The number of ether oxygens (including phenoxy) is 2. The van der Waals surface area contributed by atoms with Crippen molar-refractivity contribution in [3.05, 3.63) is 62.5 Å². The first-order chi connectivity index (χ1) is 12.9. The summed E-state index contributed by atoms with van der Waals surface area (Å²) in [5.41, 5.74) is 0.168. The van der Waals surface area contributed by atoms with Gasteiger partial charge in [-0.1, -0.05) is 6.07 Å². The molecule has 10 heteroatoms. The molecule has 0 aliphatic rings. The van der Waals surface area contributed by atoms with E-state index >= 15 is 0 Å². The fourth-order valence-corrected chi connectivity index (χ4v) is 3.53. The van der Waals surface area contributed by atoms with Gasteiger partial charge in [-0.15, -0.1) is 11.3 Å². The van der Waals surface area contributed by atoms with Crippen LogP contribution in [-0.2, 0) is 16.1 Å². The molecule has 0 N–H and O–H groups in total. The Bertz CT molecular complexity index is 1040. The smallest absolute Gasteiger partial charge is 0.433 e. The molecule has 0 fully saturated rings. The van der Waals surface area contributed by atoms with Gasteiger partial charge in [0.1, 0.15) is 22.2 Å². The second-order valence-electron chi connectivity index (χ2n) is 5.21. The molecule has 0 saturated carbocycles. The largest absolute Gasteiger partial charge is 0.462 e. The number of nitro groups is 1. The van der Waals surface area contributed by atoms with Gasteiger partial charge in [-0.05, 0) is 25.1 Å². The normalized spacial score (nSPS) is 10.7. The Kier molecular flexibility index (Phi) is 5.17. The van der Waals surface area contributed by atoms with E-state index in [1.165, 1.54) is 12.1 Å². The average molecular weight is 393 g/mol. The first-order valence-electron chi connectivity index (χ1n) is 7.70. The van der Waals surface area contributed by atoms with E-state index in [4.69, 9.17) is 13.9 Å². The van der Waals surface area contributed by atoms with Crippen LogP contribution in [0, 0.1) is 15.9 Å². The van der Waals surface area contributed by atoms with Gasteiger partial charge in [0.15, 0.2) is 0 Å². The van der Waals surface area contributed by atoms with E-state index in [1.807, 2.05) is 0 Å². The number of nitrogens with zero attached hydrogens (tertiary/aromatic N) is 1. The van der Waals surface area contributed by atoms with Gasteiger partial charge >= 0.3 is 17.8 Å². The highest BCUT2D eigenvalue weighted by molar-refractivity contribution is 7.21. The molecule has 0 aliphatic carbocycles. The second kappa shape index (κ2) is 7.54. The average Bonchev–Trinajstić information content (AvgIpc) is 3.26. The van der Waals surface area contributed by atoms with Crippen LogP contribution in [0.1, 0.15) is 32.7 Å². The Morgan fingerprint density at radius 1 is 1.22 bits per heavy atom. The molecule has 0 unspecified atom stereocenters. The molecule has 2 aromatic heterocycles. The Morgan fingerprint density at radius 3 is 2.67 bits per heavy atom. The summed E-state index contributed by atoms with van der Waals surface area (Å²) in [6, 6.07) is 6.47. The number of benzene rings is 1. The Hall–Kier alpha value is -3.27. The highest BCUT2D eigenvalue weighted by Gasteiger charge is 2.24. The lowest BCUT2D eigenvalue weighted by Crippen LogP contribution is -2.09. The number of esters is 2. The van der Waals surface area contributed by atoms with Gasteiger partial charge in [0.05, 0.1) is 12.7 Å². The molecule has 140 valence electrons.